The SMILES string of the molecule is Cc1ccc(C#N)c(NCc2cccc3ncsc23)n1. The van der Waals surface area contributed by atoms with Crippen molar-refractivity contribution in [2.45, 2.75) is 13.5 Å². The van der Waals surface area contributed by atoms with Crippen LogP contribution in [-0.4, -0.2) is 9.97 Å². The molecule has 0 aliphatic rings. The van der Waals surface area contributed by atoms with Gasteiger partial charge in [-0.3, -0.25) is 0 Å². The zero-order chi connectivity index (χ0) is 13.9. The normalized spacial score (nSPS) is 10.4. The van der Waals surface area contributed by atoms with Crippen LogP contribution in [0.1, 0.15) is 16.8 Å². The van der Waals surface area contributed by atoms with E-state index in [1.54, 1.807) is 17.4 Å². The number of rotatable bonds is 3. The van der Waals surface area contributed by atoms with Crippen molar-refractivity contribution in [2.75, 3.05) is 5.32 Å². The van der Waals surface area contributed by atoms with Gasteiger partial charge in [0.05, 0.1) is 21.3 Å². The van der Waals surface area contributed by atoms with Gasteiger partial charge in [-0.15, -0.1) is 11.3 Å². The van der Waals surface area contributed by atoms with E-state index in [9.17, 15) is 0 Å². The summed E-state index contributed by atoms with van der Waals surface area (Å²) in [6, 6.07) is 11.8. The molecule has 0 aliphatic heterocycles. The summed E-state index contributed by atoms with van der Waals surface area (Å²) in [5.74, 6) is 0.633. The van der Waals surface area contributed by atoms with Crippen molar-refractivity contribution in [2.24, 2.45) is 0 Å². The fourth-order valence-corrected chi connectivity index (χ4v) is 2.85. The molecule has 0 fully saturated rings. The molecule has 0 saturated carbocycles. The second-order valence-corrected chi connectivity index (χ2v) is 5.29. The van der Waals surface area contributed by atoms with E-state index < -0.39 is 0 Å². The van der Waals surface area contributed by atoms with Crippen molar-refractivity contribution in [3.8, 4) is 6.07 Å². The number of thiazole rings is 1. The molecule has 2 aromatic heterocycles. The van der Waals surface area contributed by atoms with Gasteiger partial charge in [0.1, 0.15) is 11.9 Å². The Labute approximate surface area is 120 Å². The van der Waals surface area contributed by atoms with Crippen LogP contribution >= 0.6 is 11.3 Å². The summed E-state index contributed by atoms with van der Waals surface area (Å²) in [6.07, 6.45) is 0. The lowest BCUT2D eigenvalue weighted by molar-refractivity contribution is 1.09. The fourth-order valence-electron chi connectivity index (χ4n) is 2.04. The van der Waals surface area contributed by atoms with Crippen LogP contribution in [0.5, 0.6) is 0 Å². The van der Waals surface area contributed by atoms with Gasteiger partial charge in [-0.25, -0.2) is 9.97 Å². The molecular formula is C15H12N4S. The summed E-state index contributed by atoms with van der Waals surface area (Å²) < 4.78 is 1.17. The fraction of sp³-hybridized carbons (Fsp3) is 0.133. The van der Waals surface area contributed by atoms with Crippen molar-refractivity contribution in [1.82, 2.24) is 9.97 Å². The molecule has 3 aromatic rings. The molecular weight excluding hydrogens is 268 g/mol. The highest BCUT2D eigenvalue weighted by Crippen LogP contribution is 2.23. The van der Waals surface area contributed by atoms with Crippen LogP contribution in [0.15, 0.2) is 35.8 Å². The molecule has 0 radical (unpaired) electrons. The molecule has 20 heavy (non-hydrogen) atoms. The molecule has 3 rings (SSSR count). The van der Waals surface area contributed by atoms with E-state index >= 15 is 0 Å². The van der Waals surface area contributed by atoms with E-state index in [1.165, 1.54) is 4.70 Å². The molecule has 98 valence electrons. The van der Waals surface area contributed by atoms with Crippen LogP contribution in [0.2, 0.25) is 0 Å². The second-order valence-electron chi connectivity index (χ2n) is 4.43. The van der Waals surface area contributed by atoms with Gasteiger partial charge in [0.2, 0.25) is 0 Å². The Morgan fingerprint density at radius 3 is 3.05 bits per heavy atom. The number of aromatic nitrogens is 2. The largest absolute Gasteiger partial charge is 0.365 e. The van der Waals surface area contributed by atoms with Crippen LogP contribution in [0, 0.1) is 18.3 Å². The van der Waals surface area contributed by atoms with Crippen molar-refractivity contribution < 1.29 is 0 Å². The third-order valence-corrected chi connectivity index (χ3v) is 3.96. The van der Waals surface area contributed by atoms with Crippen LogP contribution < -0.4 is 5.32 Å². The Morgan fingerprint density at radius 1 is 1.30 bits per heavy atom. The second kappa shape index (κ2) is 5.27. The summed E-state index contributed by atoms with van der Waals surface area (Å²) >= 11 is 1.63. The minimum atomic E-state index is 0.562. The van der Waals surface area contributed by atoms with E-state index in [0.717, 1.165) is 16.8 Å². The molecule has 5 heteroatoms. The maximum Gasteiger partial charge on any atom is 0.144 e. The summed E-state index contributed by atoms with van der Waals surface area (Å²) in [4.78, 5) is 8.69. The third-order valence-electron chi connectivity index (χ3n) is 3.04. The van der Waals surface area contributed by atoms with Crippen molar-refractivity contribution >= 4 is 27.4 Å². The topological polar surface area (TPSA) is 61.6 Å². The van der Waals surface area contributed by atoms with Crippen LogP contribution in [0.3, 0.4) is 0 Å². The molecule has 0 atom stereocenters. The van der Waals surface area contributed by atoms with Gasteiger partial charge in [0.25, 0.3) is 0 Å². The molecule has 0 bridgehead atoms. The molecule has 0 unspecified atom stereocenters. The van der Waals surface area contributed by atoms with Gasteiger partial charge in [-0.05, 0) is 30.7 Å². The van der Waals surface area contributed by atoms with E-state index in [1.807, 2.05) is 30.6 Å². The van der Waals surface area contributed by atoms with Gasteiger partial charge in [0.15, 0.2) is 0 Å². The van der Waals surface area contributed by atoms with Crippen molar-refractivity contribution in [3.05, 3.63) is 52.7 Å². The lowest BCUT2D eigenvalue weighted by Crippen LogP contribution is -2.04. The van der Waals surface area contributed by atoms with Crippen LogP contribution in [0.25, 0.3) is 10.2 Å². The lowest BCUT2D eigenvalue weighted by atomic mass is 10.2. The highest BCUT2D eigenvalue weighted by molar-refractivity contribution is 7.16. The van der Waals surface area contributed by atoms with Crippen LogP contribution in [-0.2, 0) is 6.54 Å². The molecule has 1 N–H and O–H groups in total. The maximum atomic E-state index is 9.11. The average molecular weight is 280 g/mol. The van der Waals surface area contributed by atoms with Gasteiger partial charge in [-0.1, -0.05) is 12.1 Å². The smallest absolute Gasteiger partial charge is 0.144 e. The number of anilines is 1. The predicted octanol–water partition coefficient (Wildman–Crippen LogP) is 3.48. The van der Waals surface area contributed by atoms with E-state index in [-0.39, 0.29) is 0 Å². The zero-order valence-electron chi connectivity index (χ0n) is 10.9. The Hall–Kier alpha value is -2.45. The highest BCUT2D eigenvalue weighted by atomic mass is 32.1. The number of hydrogen-bond acceptors (Lipinski definition) is 5. The van der Waals surface area contributed by atoms with Gasteiger partial charge >= 0.3 is 0 Å². The van der Waals surface area contributed by atoms with Crippen molar-refractivity contribution in [3.63, 3.8) is 0 Å². The number of nitrogens with zero attached hydrogens (tertiary/aromatic N) is 3. The lowest BCUT2D eigenvalue weighted by Gasteiger charge is -2.08. The van der Waals surface area contributed by atoms with Crippen molar-refractivity contribution in [1.29, 1.82) is 5.26 Å². The molecule has 4 nitrogen and oxygen atoms in total. The zero-order valence-corrected chi connectivity index (χ0v) is 11.7. The number of fused-ring (bicyclic) bond motifs is 1. The molecule has 2 heterocycles. The van der Waals surface area contributed by atoms with E-state index in [0.29, 0.717) is 17.9 Å². The maximum absolute atomic E-state index is 9.11. The van der Waals surface area contributed by atoms with Crippen LogP contribution in [0.4, 0.5) is 5.82 Å². The third kappa shape index (κ3) is 2.33. The minimum absolute atomic E-state index is 0.562. The van der Waals surface area contributed by atoms with E-state index in [4.69, 9.17) is 5.26 Å². The first-order valence-electron chi connectivity index (χ1n) is 6.20. The Balaban J connectivity index is 1.89. The summed E-state index contributed by atoms with van der Waals surface area (Å²) in [5.41, 5.74) is 5.47. The predicted molar refractivity (Wildman–Crippen MR) is 80.6 cm³/mol. The molecule has 0 saturated heterocycles. The van der Waals surface area contributed by atoms with Gasteiger partial charge in [0, 0.05) is 12.2 Å². The highest BCUT2D eigenvalue weighted by Gasteiger charge is 2.06. The number of nitrogens with one attached hydrogen (secondary N) is 1. The Kier molecular flexibility index (Phi) is 3.32. The minimum Gasteiger partial charge on any atom is -0.365 e. The molecule has 0 amide bonds. The Bertz CT molecular complexity index is 801. The molecule has 1 aromatic carbocycles. The summed E-state index contributed by atoms with van der Waals surface area (Å²) in [6.45, 7) is 2.54. The monoisotopic (exact) mass is 280 g/mol. The average Bonchev–Trinajstić information content (AvgIpc) is 2.94. The molecule has 0 aliphatic carbocycles. The summed E-state index contributed by atoms with van der Waals surface area (Å²) in [5, 5.41) is 12.4. The number of hydrogen-bond donors (Lipinski definition) is 1. The number of nitriles is 1. The first-order valence-corrected chi connectivity index (χ1v) is 7.08. The quantitative estimate of drug-likeness (QED) is 0.797. The standard InChI is InChI=1S/C15H12N4S/c1-10-5-6-11(7-16)15(19-10)17-8-12-3-2-4-13-14(12)20-9-18-13/h2-6,9H,8H2,1H3,(H,17,19). The first kappa shape index (κ1) is 12.6. The van der Waals surface area contributed by atoms with Gasteiger partial charge in [-0.2, -0.15) is 5.26 Å². The number of pyridine rings is 1. The van der Waals surface area contributed by atoms with E-state index in [2.05, 4.69) is 27.4 Å². The van der Waals surface area contributed by atoms with Gasteiger partial charge < -0.3 is 5.32 Å². The first-order chi connectivity index (χ1) is 9.78. The molecule has 0 spiro atoms. The Morgan fingerprint density at radius 2 is 2.20 bits per heavy atom. The number of benzene rings is 1. The summed E-state index contributed by atoms with van der Waals surface area (Å²) in [7, 11) is 0. The number of aryl methyl sites for hydroxylation is 1.